The number of nitrogens with one attached hydrogen (secondary N) is 1. The number of fused-ring (bicyclic) bond motifs is 1. The number of hydrogen-bond acceptors (Lipinski definition) is 3. The molecular weight excluding hydrogens is 355 g/mol. The zero-order valence-electron chi connectivity index (χ0n) is 16.3. The number of hydrogen-bond donors (Lipinski definition) is 1. The molecule has 0 aliphatic carbocycles. The zero-order valence-corrected chi connectivity index (χ0v) is 16.3. The van der Waals surface area contributed by atoms with E-state index >= 15 is 0 Å². The van der Waals surface area contributed by atoms with E-state index in [1.807, 2.05) is 30.3 Å². The van der Waals surface area contributed by atoms with Crippen molar-refractivity contribution in [1.29, 1.82) is 0 Å². The van der Waals surface area contributed by atoms with E-state index in [-0.39, 0.29) is 23.2 Å². The molecule has 1 spiro atoms. The number of para-hydroxylation sites is 1. The van der Waals surface area contributed by atoms with Gasteiger partial charge in [0, 0.05) is 39.0 Å². The number of amides is 1. The van der Waals surface area contributed by atoms with Crippen molar-refractivity contribution >= 4 is 5.91 Å². The van der Waals surface area contributed by atoms with Crippen molar-refractivity contribution in [3.63, 3.8) is 0 Å². The summed E-state index contributed by atoms with van der Waals surface area (Å²) in [5.41, 5.74) is 2.07. The molecule has 0 saturated carbocycles. The molecule has 5 heteroatoms. The first-order valence-electron chi connectivity index (χ1n) is 10.0. The number of likely N-dealkylation sites (tertiary alicyclic amines) is 1. The van der Waals surface area contributed by atoms with Crippen LogP contribution in [-0.2, 0) is 11.3 Å². The number of ether oxygens (including phenoxy) is 1. The minimum absolute atomic E-state index is 0.0746. The van der Waals surface area contributed by atoms with Crippen LogP contribution in [0.2, 0.25) is 0 Å². The molecule has 2 aliphatic heterocycles. The van der Waals surface area contributed by atoms with Gasteiger partial charge in [0.15, 0.2) is 0 Å². The summed E-state index contributed by atoms with van der Waals surface area (Å²) in [5, 5.41) is 2.76. The summed E-state index contributed by atoms with van der Waals surface area (Å²) in [7, 11) is 1.69. The molecular formula is C23H27FN2O2. The molecule has 0 unspecified atom stereocenters. The van der Waals surface area contributed by atoms with E-state index < -0.39 is 0 Å². The minimum Gasteiger partial charge on any atom is -0.487 e. The minimum atomic E-state index is -0.202. The summed E-state index contributed by atoms with van der Waals surface area (Å²) in [4.78, 5) is 14.5. The van der Waals surface area contributed by atoms with Crippen molar-refractivity contribution in [2.75, 3.05) is 20.1 Å². The van der Waals surface area contributed by atoms with Crippen LogP contribution in [-0.4, -0.2) is 36.5 Å². The molecule has 1 amide bonds. The van der Waals surface area contributed by atoms with Crippen molar-refractivity contribution < 1.29 is 13.9 Å². The van der Waals surface area contributed by atoms with Gasteiger partial charge in [-0.05, 0) is 48.6 Å². The van der Waals surface area contributed by atoms with Crippen molar-refractivity contribution in [3.8, 4) is 5.75 Å². The third kappa shape index (κ3) is 4.04. The van der Waals surface area contributed by atoms with Gasteiger partial charge in [0.05, 0.1) is 0 Å². The smallest absolute Gasteiger partial charge is 0.220 e. The monoisotopic (exact) mass is 382 g/mol. The summed E-state index contributed by atoms with van der Waals surface area (Å²) in [6.07, 6.45) is 3.25. The number of piperidine rings is 1. The topological polar surface area (TPSA) is 41.6 Å². The maximum Gasteiger partial charge on any atom is 0.220 e. The molecule has 2 aliphatic rings. The lowest BCUT2D eigenvalue weighted by molar-refractivity contribution is -0.121. The molecule has 0 bridgehead atoms. The maximum absolute atomic E-state index is 13.1. The number of halogens is 1. The van der Waals surface area contributed by atoms with Crippen molar-refractivity contribution in [1.82, 2.24) is 10.2 Å². The van der Waals surface area contributed by atoms with Crippen LogP contribution in [0.1, 0.15) is 42.7 Å². The third-order valence-corrected chi connectivity index (χ3v) is 6.10. The van der Waals surface area contributed by atoms with Crippen LogP contribution in [0.3, 0.4) is 0 Å². The van der Waals surface area contributed by atoms with Crippen LogP contribution < -0.4 is 10.1 Å². The van der Waals surface area contributed by atoms with E-state index in [1.54, 1.807) is 7.05 Å². The van der Waals surface area contributed by atoms with E-state index in [9.17, 15) is 9.18 Å². The molecule has 1 atom stereocenters. The van der Waals surface area contributed by atoms with E-state index in [4.69, 9.17) is 4.74 Å². The van der Waals surface area contributed by atoms with Gasteiger partial charge < -0.3 is 10.1 Å². The molecule has 2 heterocycles. The Labute approximate surface area is 165 Å². The fourth-order valence-corrected chi connectivity index (χ4v) is 4.53. The van der Waals surface area contributed by atoms with Gasteiger partial charge in [-0.3, -0.25) is 9.69 Å². The van der Waals surface area contributed by atoms with E-state index in [0.29, 0.717) is 6.42 Å². The number of carbonyl (C=O) groups is 1. The quantitative estimate of drug-likeness (QED) is 0.873. The fourth-order valence-electron chi connectivity index (χ4n) is 4.53. The Hall–Kier alpha value is -2.40. The number of carbonyl (C=O) groups excluding carboxylic acids is 1. The van der Waals surface area contributed by atoms with Gasteiger partial charge in [0.1, 0.15) is 17.2 Å². The Bertz CT molecular complexity index is 829. The predicted octanol–water partition coefficient (Wildman–Crippen LogP) is 3.86. The molecule has 4 rings (SSSR count). The zero-order chi connectivity index (χ0) is 19.6. The molecule has 0 aromatic heterocycles. The van der Waals surface area contributed by atoms with E-state index in [0.717, 1.165) is 55.8 Å². The summed E-state index contributed by atoms with van der Waals surface area (Å²) in [6, 6.07) is 14.9. The Morgan fingerprint density at radius 1 is 1.18 bits per heavy atom. The molecule has 148 valence electrons. The highest BCUT2D eigenvalue weighted by Crippen LogP contribution is 2.46. The first-order chi connectivity index (χ1) is 13.6. The number of benzene rings is 2. The number of rotatable bonds is 4. The van der Waals surface area contributed by atoms with Crippen LogP contribution in [0.15, 0.2) is 48.5 Å². The molecule has 28 heavy (non-hydrogen) atoms. The van der Waals surface area contributed by atoms with E-state index in [1.165, 1.54) is 12.1 Å². The largest absolute Gasteiger partial charge is 0.487 e. The second-order valence-corrected chi connectivity index (χ2v) is 8.00. The standard InChI is InChI=1S/C23H27FN2O2/c1-25-22(27)14-18-15-23(28-21-5-3-2-4-20(18)21)10-12-26(13-11-23)16-17-6-8-19(24)9-7-17/h2-9,18H,10-16H2,1H3,(H,25,27)/t18-/m0/s1. The summed E-state index contributed by atoms with van der Waals surface area (Å²) in [6.45, 7) is 2.70. The van der Waals surface area contributed by atoms with Gasteiger partial charge in [-0.25, -0.2) is 4.39 Å². The lowest BCUT2D eigenvalue weighted by Gasteiger charge is -2.47. The predicted molar refractivity (Wildman–Crippen MR) is 107 cm³/mol. The summed E-state index contributed by atoms with van der Waals surface area (Å²) < 4.78 is 19.6. The maximum atomic E-state index is 13.1. The summed E-state index contributed by atoms with van der Waals surface area (Å²) >= 11 is 0. The van der Waals surface area contributed by atoms with Crippen molar-refractivity contribution in [2.24, 2.45) is 0 Å². The molecule has 4 nitrogen and oxygen atoms in total. The molecule has 1 fully saturated rings. The van der Waals surface area contributed by atoms with Gasteiger partial charge in [0.25, 0.3) is 0 Å². The lowest BCUT2D eigenvalue weighted by Crippen LogP contribution is -2.50. The van der Waals surface area contributed by atoms with Gasteiger partial charge in [0.2, 0.25) is 5.91 Å². The average molecular weight is 382 g/mol. The van der Waals surface area contributed by atoms with Gasteiger partial charge in [-0.2, -0.15) is 0 Å². The first-order valence-corrected chi connectivity index (χ1v) is 10.0. The summed E-state index contributed by atoms with van der Waals surface area (Å²) in [5.74, 6) is 0.992. The van der Waals surface area contributed by atoms with Crippen LogP contribution in [0.4, 0.5) is 4.39 Å². The van der Waals surface area contributed by atoms with Crippen LogP contribution in [0.5, 0.6) is 5.75 Å². The SMILES string of the molecule is CNC(=O)C[C@H]1CC2(CCN(Cc3ccc(F)cc3)CC2)Oc2ccccc21. The third-order valence-electron chi connectivity index (χ3n) is 6.10. The second-order valence-electron chi connectivity index (χ2n) is 8.00. The van der Waals surface area contributed by atoms with Crippen molar-refractivity contribution in [2.45, 2.75) is 43.7 Å². The fraction of sp³-hybridized carbons (Fsp3) is 0.435. The molecule has 2 aromatic rings. The van der Waals surface area contributed by atoms with Crippen LogP contribution in [0.25, 0.3) is 0 Å². The Balaban J connectivity index is 1.45. The molecule has 1 N–H and O–H groups in total. The average Bonchev–Trinajstić information content (AvgIpc) is 2.71. The van der Waals surface area contributed by atoms with Gasteiger partial charge >= 0.3 is 0 Å². The highest BCUT2D eigenvalue weighted by atomic mass is 19.1. The Kier molecular flexibility index (Phi) is 5.36. The van der Waals surface area contributed by atoms with E-state index in [2.05, 4.69) is 16.3 Å². The Morgan fingerprint density at radius 2 is 1.89 bits per heavy atom. The van der Waals surface area contributed by atoms with Crippen LogP contribution >= 0.6 is 0 Å². The van der Waals surface area contributed by atoms with Gasteiger partial charge in [-0.1, -0.05) is 30.3 Å². The highest BCUT2D eigenvalue weighted by Gasteiger charge is 2.43. The molecule has 0 radical (unpaired) electrons. The Morgan fingerprint density at radius 3 is 2.61 bits per heavy atom. The number of nitrogens with zero attached hydrogens (tertiary/aromatic N) is 1. The molecule has 1 saturated heterocycles. The second kappa shape index (κ2) is 7.92. The first kappa shape index (κ1) is 18.9. The van der Waals surface area contributed by atoms with Crippen LogP contribution in [0, 0.1) is 5.82 Å². The lowest BCUT2D eigenvalue weighted by atomic mass is 9.76. The highest BCUT2D eigenvalue weighted by molar-refractivity contribution is 5.76. The van der Waals surface area contributed by atoms with Crippen molar-refractivity contribution in [3.05, 3.63) is 65.5 Å². The molecule has 2 aromatic carbocycles. The normalized spacial score (nSPS) is 21.0. The van der Waals surface area contributed by atoms with Gasteiger partial charge in [-0.15, -0.1) is 0 Å².